The number of hydrogen-bond donors (Lipinski definition) is 1. The molecule has 1 aliphatic heterocycles. The van der Waals surface area contributed by atoms with Crippen molar-refractivity contribution in [2.24, 2.45) is 10.1 Å². The van der Waals surface area contributed by atoms with Gasteiger partial charge < -0.3 is 23.4 Å². The van der Waals surface area contributed by atoms with Crippen LogP contribution in [0.15, 0.2) is 21.1 Å². The fourth-order valence-corrected chi connectivity index (χ4v) is 5.21. The van der Waals surface area contributed by atoms with Crippen molar-refractivity contribution in [3.8, 4) is 0 Å². The quantitative estimate of drug-likeness (QED) is 0.0836. The zero-order valence-electron chi connectivity index (χ0n) is 21.1. The Hall–Kier alpha value is -1.97. The molecule has 0 saturated carbocycles. The second-order valence-electron chi connectivity index (χ2n) is 10.2. The van der Waals surface area contributed by atoms with Gasteiger partial charge in [-0.2, -0.15) is 4.98 Å². The Morgan fingerprint density at radius 1 is 1.46 bits per heavy atom. The lowest BCUT2D eigenvalue weighted by molar-refractivity contribution is -0.0568. The van der Waals surface area contributed by atoms with Crippen molar-refractivity contribution in [1.29, 1.82) is 0 Å². The summed E-state index contributed by atoms with van der Waals surface area (Å²) >= 11 is 2.12. The summed E-state index contributed by atoms with van der Waals surface area (Å²) in [6, 6.07) is 0. The predicted octanol–water partition coefficient (Wildman–Crippen LogP) is 4.51. The molecule has 12 nitrogen and oxygen atoms in total. The molecule has 0 unspecified atom stereocenters. The van der Waals surface area contributed by atoms with Crippen LogP contribution in [0.4, 0.5) is 5.95 Å². The maximum atomic E-state index is 12.8. The van der Waals surface area contributed by atoms with Crippen LogP contribution in [0.1, 0.15) is 33.4 Å². The minimum absolute atomic E-state index is 0.0492. The molecule has 35 heavy (non-hydrogen) atoms. The number of fused-ring (bicyclic) bond motifs is 1. The molecule has 2 aromatic heterocycles. The van der Waals surface area contributed by atoms with Gasteiger partial charge in [-0.1, -0.05) is 25.9 Å². The average Bonchev–Trinajstić information content (AvgIpc) is 3.31. The normalized spacial score (nSPS) is 21.1. The van der Waals surface area contributed by atoms with Crippen molar-refractivity contribution in [3.05, 3.63) is 30.6 Å². The van der Waals surface area contributed by atoms with Crippen molar-refractivity contribution in [2.45, 2.75) is 63.8 Å². The second kappa shape index (κ2) is 11.0. The summed E-state index contributed by atoms with van der Waals surface area (Å²) in [5.41, 5.74) is 8.87. The van der Waals surface area contributed by atoms with E-state index in [0.717, 1.165) is 3.57 Å². The van der Waals surface area contributed by atoms with E-state index in [1.807, 2.05) is 24.9 Å². The number of ether oxygens (including phenoxy) is 2. The average molecular weight is 617 g/mol. The fraction of sp³-hybridized carbons (Fsp3) is 0.667. The number of aliphatic imine (C=N–C) groups is 1. The smallest absolute Gasteiger partial charge is 0.262 e. The molecule has 3 atom stereocenters. The minimum Gasteiger partial charge on any atom is -0.414 e. The van der Waals surface area contributed by atoms with Crippen LogP contribution >= 0.6 is 22.6 Å². The third-order valence-electron chi connectivity index (χ3n) is 6.35. The van der Waals surface area contributed by atoms with E-state index in [1.165, 1.54) is 0 Å². The van der Waals surface area contributed by atoms with Crippen LogP contribution in [0.3, 0.4) is 0 Å². The third-order valence-corrected chi connectivity index (χ3v) is 11.7. The van der Waals surface area contributed by atoms with Crippen LogP contribution < -0.4 is 5.56 Å². The van der Waals surface area contributed by atoms with Gasteiger partial charge in [-0.3, -0.25) is 9.78 Å². The first-order chi connectivity index (χ1) is 16.3. The van der Waals surface area contributed by atoms with Crippen molar-refractivity contribution in [2.75, 3.05) is 27.4 Å². The largest absolute Gasteiger partial charge is 0.414 e. The third kappa shape index (κ3) is 6.43. The number of rotatable bonds is 9. The van der Waals surface area contributed by atoms with Crippen LogP contribution in [-0.4, -0.2) is 73.7 Å². The van der Waals surface area contributed by atoms with E-state index in [0.29, 0.717) is 24.1 Å². The van der Waals surface area contributed by atoms with Gasteiger partial charge in [0.05, 0.1) is 24.4 Å². The molecule has 3 rings (SSSR count). The fourth-order valence-electron chi connectivity index (χ4n) is 3.41. The highest BCUT2D eigenvalue weighted by molar-refractivity contribution is 14.1. The van der Waals surface area contributed by atoms with Gasteiger partial charge in [0, 0.05) is 35.2 Å². The van der Waals surface area contributed by atoms with Crippen LogP contribution in [0.5, 0.6) is 0 Å². The molecule has 0 radical (unpaired) electrons. The molecule has 1 saturated heterocycles. The maximum Gasteiger partial charge on any atom is 0.262 e. The van der Waals surface area contributed by atoms with E-state index < -0.39 is 14.5 Å². The second-order valence-corrected chi connectivity index (χ2v) is 16.2. The lowest BCUT2D eigenvalue weighted by Gasteiger charge is -2.37. The SMILES string of the molecule is CN(C)/C=N/c1nc2c(c(I)cn2[C@H]2C[C@@H](OCN=[N+]=[N-])[C@@H](CO[Si](C)(C)C(C)(C)C)O2)c(=O)[nH]1. The minimum atomic E-state index is -2.02. The monoisotopic (exact) mass is 616 g/mol. The Morgan fingerprint density at radius 2 is 2.17 bits per heavy atom. The van der Waals surface area contributed by atoms with E-state index in [9.17, 15) is 4.79 Å². The van der Waals surface area contributed by atoms with Gasteiger partial charge in [0.2, 0.25) is 5.95 Å². The van der Waals surface area contributed by atoms with E-state index in [-0.39, 0.29) is 35.5 Å². The van der Waals surface area contributed by atoms with Crippen LogP contribution in [-0.2, 0) is 13.9 Å². The molecule has 0 bridgehead atoms. The molecule has 0 aromatic carbocycles. The highest BCUT2D eigenvalue weighted by atomic mass is 127. The van der Waals surface area contributed by atoms with E-state index in [1.54, 1.807) is 11.2 Å². The number of aromatic nitrogens is 3. The molecule has 1 aliphatic rings. The number of azide groups is 1. The Balaban J connectivity index is 1.92. The van der Waals surface area contributed by atoms with Gasteiger partial charge in [0.15, 0.2) is 14.0 Å². The Kier molecular flexibility index (Phi) is 8.65. The van der Waals surface area contributed by atoms with Crippen LogP contribution in [0.2, 0.25) is 18.1 Å². The summed E-state index contributed by atoms with van der Waals surface area (Å²) in [4.78, 5) is 28.8. The van der Waals surface area contributed by atoms with E-state index in [4.69, 9.17) is 19.4 Å². The lowest BCUT2D eigenvalue weighted by atomic mass is 10.2. The zero-order valence-corrected chi connectivity index (χ0v) is 24.3. The van der Waals surface area contributed by atoms with E-state index in [2.05, 4.69) is 81.4 Å². The molecule has 14 heteroatoms. The van der Waals surface area contributed by atoms with Crippen molar-refractivity contribution < 1.29 is 13.9 Å². The number of nitrogens with zero attached hydrogens (tertiary/aromatic N) is 7. The summed E-state index contributed by atoms with van der Waals surface area (Å²) in [6.07, 6.45) is 2.74. The number of halogens is 1. The lowest BCUT2D eigenvalue weighted by Crippen LogP contribution is -2.44. The molecule has 192 valence electrons. The number of H-pyrrole nitrogens is 1. The van der Waals surface area contributed by atoms with Gasteiger partial charge in [-0.25, -0.2) is 4.99 Å². The summed E-state index contributed by atoms with van der Waals surface area (Å²) in [7, 11) is 1.65. The molecular formula is C21H33IN8O4Si. The van der Waals surface area contributed by atoms with Crippen LogP contribution in [0, 0.1) is 3.57 Å². The topological polar surface area (TPSA) is 143 Å². The number of aromatic amines is 1. The predicted molar refractivity (Wildman–Crippen MR) is 145 cm³/mol. The van der Waals surface area contributed by atoms with Gasteiger partial charge >= 0.3 is 0 Å². The van der Waals surface area contributed by atoms with Gasteiger partial charge in [0.1, 0.15) is 19.1 Å². The summed E-state index contributed by atoms with van der Waals surface area (Å²) < 4.78 is 21.3. The van der Waals surface area contributed by atoms with Crippen molar-refractivity contribution in [3.63, 3.8) is 0 Å². The molecule has 0 amide bonds. The van der Waals surface area contributed by atoms with Gasteiger partial charge in [-0.05, 0) is 46.3 Å². The molecule has 3 heterocycles. The van der Waals surface area contributed by atoms with Crippen molar-refractivity contribution >= 4 is 54.2 Å². The highest BCUT2D eigenvalue weighted by Gasteiger charge is 2.42. The highest BCUT2D eigenvalue weighted by Crippen LogP contribution is 2.39. The Bertz CT molecular complexity index is 1180. The standard InChI is InChI=1S/C21H33IN8O4Si/c1-21(2,3)35(6,7)33-10-15-14(32-12-25-28-23)8-16(34-15)30-9-13(22)17-18(30)26-20(27-19(17)31)24-11-29(4)5/h9,11,14-16H,8,10,12H2,1-7H3,(H,26,27,31)/b24-11+/t14-,15-,16-/m1/s1. The Morgan fingerprint density at radius 3 is 2.80 bits per heavy atom. The van der Waals surface area contributed by atoms with Crippen molar-refractivity contribution in [1.82, 2.24) is 19.4 Å². The first kappa shape index (κ1) is 27.6. The summed E-state index contributed by atoms with van der Waals surface area (Å²) in [5.74, 6) is 0.207. The number of nitrogens with one attached hydrogen (secondary N) is 1. The molecule has 1 fully saturated rings. The Labute approximate surface area is 218 Å². The molecule has 0 aliphatic carbocycles. The van der Waals surface area contributed by atoms with Gasteiger partial charge in [0.25, 0.3) is 5.56 Å². The molecule has 0 spiro atoms. The maximum absolute atomic E-state index is 12.8. The van der Waals surface area contributed by atoms with Crippen LogP contribution in [0.25, 0.3) is 21.5 Å². The number of hydrogen-bond acceptors (Lipinski definition) is 7. The first-order valence-electron chi connectivity index (χ1n) is 11.3. The first-order valence-corrected chi connectivity index (χ1v) is 15.3. The molecule has 1 N–H and O–H groups in total. The molecular weight excluding hydrogens is 583 g/mol. The molecule has 2 aromatic rings. The van der Waals surface area contributed by atoms with Gasteiger partial charge in [-0.15, -0.1) is 0 Å². The zero-order chi connectivity index (χ0) is 26.0. The summed E-state index contributed by atoms with van der Waals surface area (Å²) in [6.45, 7) is 11.2. The van der Waals surface area contributed by atoms with E-state index >= 15 is 0 Å². The summed E-state index contributed by atoms with van der Waals surface area (Å²) in [5, 5.41) is 4.04.